The van der Waals surface area contributed by atoms with Gasteiger partial charge in [0.25, 0.3) is 0 Å². The number of ether oxygens (including phenoxy) is 2. The number of rotatable bonds is 5. The van der Waals surface area contributed by atoms with Crippen LogP contribution in [0.3, 0.4) is 0 Å². The van der Waals surface area contributed by atoms with Crippen LogP contribution >= 0.6 is 0 Å². The minimum absolute atomic E-state index is 0.126. The van der Waals surface area contributed by atoms with Gasteiger partial charge >= 0.3 is 11.9 Å². The van der Waals surface area contributed by atoms with E-state index in [9.17, 15) is 9.59 Å². The highest BCUT2D eigenvalue weighted by Gasteiger charge is 2.22. The molecule has 1 rings (SSSR count). The van der Waals surface area contributed by atoms with Crippen LogP contribution in [-0.2, 0) is 20.7 Å². The Morgan fingerprint density at radius 2 is 2.05 bits per heavy atom. The van der Waals surface area contributed by atoms with E-state index < -0.39 is 17.9 Å². The standard InChI is InChI=1S/C14H15NO4/c1-3-19-13(16)11(9-15)8-10-6-4-5-7-12(10)14(17)18-2/h4-7,11H,3,8H2,1-2H3. The third kappa shape index (κ3) is 3.81. The number of nitrogens with zero attached hydrogens (tertiary/aromatic N) is 1. The van der Waals surface area contributed by atoms with Gasteiger partial charge in [-0.05, 0) is 25.0 Å². The van der Waals surface area contributed by atoms with Crippen molar-refractivity contribution in [3.8, 4) is 6.07 Å². The maximum Gasteiger partial charge on any atom is 0.338 e. The fourth-order valence-electron chi connectivity index (χ4n) is 1.65. The third-order valence-corrected chi connectivity index (χ3v) is 2.57. The summed E-state index contributed by atoms with van der Waals surface area (Å²) in [6, 6.07) is 8.61. The topological polar surface area (TPSA) is 76.4 Å². The van der Waals surface area contributed by atoms with Crippen molar-refractivity contribution in [2.24, 2.45) is 5.92 Å². The van der Waals surface area contributed by atoms with Crippen molar-refractivity contribution in [3.63, 3.8) is 0 Å². The SMILES string of the molecule is CCOC(=O)C(C#N)Cc1ccccc1C(=O)OC. The van der Waals surface area contributed by atoms with Gasteiger partial charge in [-0.15, -0.1) is 0 Å². The molecule has 0 heterocycles. The zero-order valence-corrected chi connectivity index (χ0v) is 10.9. The molecule has 0 aliphatic heterocycles. The van der Waals surface area contributed by atoms with E-state index in [2.05, 4.69) is 4.74 Å². The van der Waals surface area contributed by atoms with Gasteiger partial charge in [0.15, 0.2) is 0 Å². The van der Waals surface area contributed by atoms with Crippen LogP contribution in [0, 0.1) is 17.2 Å². The fourth-order valence-corrected chi connectivity index (χ4v) is 1.65. The van der Waals surface area contributed by atoms with E-state index in [4.69, 9.17) is 10.00 Å². The van der Waals surface area contributed by atoms with Crippen molar-refractivity contribution in [1.82, 2.24) is 0 Å². The second kappa shape index (κ2) is 7.17. The number of carbonyl (C=O) groups is 2. The molecule has 0 bridgehead atoms. The summed E-state index contributed by atoms with van der Waals surface area (Å²) >= 11 is 0. The highest BCUT2D eigenvalue weighted by atomic mass is 16.5. The van der Waals surface area contributed by atoms with E-state index in [1.54, 1.807) is 31.2 Å². The lowest BCUT2D eigenvalue weighted by Gasteiger charge is -2.11. The molecule has 5 nitrogen and oxygen atoms in total. The van der Waals surface area contributed by atoms with Crippen LogP contribution in [0.2, 0.25) is 0 Å². The third-order valence-electron chi connectivity index (χ3n) is 2.57. The molecule has 0 amide bonds. The van der Waals surface area contributed by atoms with E-state index in [1.807, 2.05) is 6.07 Å². The number of esters is 2. The maximum absolute atomic E-state index is 11.6. The van der Waals surface area contributed by atoms with Gasteiger partial charge in [0.1, 0.15) is 5.92 Å². The van der Waals surface area contributed by atoms with Crippen LogP contribution < -0.4 is 0 Å². The Kier molecular flexibility index (Phi) is 5.55. The van der Waals surface area contributed by atoms with Gasteiger partial charge in [-0.2, -0.15) is 5.26 Å². The van der Waals surface area contributed by atoms with E-state index in [1.165, 1.54) is 7.11 Å². The fraction of sp³-hybridized carbons (Fsp3) is 0.357. The number of hydrogen-bond acceptors (Lipinski definition) is 5. The first-order valence-corrected chi connectivity index (χ1v) is 5.86. The molecule has 0 fully saturated rings. The molecule has 1 aromatic rings. The van der Waals surface area contributed by atoms with Crippen LogP contribution in [0.5, 0.6) is 0 Å². The first kappa shape index (κ1) is 14.7. The summed E-state index contributed by atoms with van der Waals surface area (Å²) in [7, 11) is 1.28. The minimum atomic E-state index is -0.925. The molecule has 19 heavy (non-hydrogen) atoms. The molecule has 0 aromatic heterocycles. The van der Waals surface area contributed by atoms with Crippen LogP contribution in [0.25, 0.3) is 0 Å². The second-order valence-electron chi connectivity index (χ2n) is 3.79. The molecule has 0 N–H and O–H groups in total. The monoisotopic (exact) mass is 261 g/mol. The van der Waals surface area contributed by atoms with Gasteiger partial charge in [0.05, 0.1) is 25.3 Å². The summed E-state index contributed by atoms with van der Waals surface area (Å²) in [5, 5.41) is 9.00. The summed E-state index contributed by atoms with van der Waals surface area (Å²) in [6.07, 6.45) is 0.126. The Labute approximate surface area is 111 Å². The number of benzene rings is 1. The predicted molar refractivity (Wildman–Crippen MR) is 67.2 cm³/mol. The average molecular weight is 261 g/mol. The quantitative estimate of drug-likeness (QED) is 0.754. The maximum atomic E-state index is 11.6. The Hall–Kier alpha value is -2.35. The number of nitriles is 1. The number of carbonyl (C=O) groups excluding carboxylic acids is 2. The molecular weight excluding hydrogens is 246 g/mol. The van der Waals surface area contributed by atoms with Crippen molar-refractivity contribution < 1.29 is 19.1 Å². The van der Waals surface area contributed by atoms with Gasteiger partial charge in [-0.25, -0.2) is 4.79 Å². The van der Waals surface area contributed by atoms with Crippen LogP contribution in [0.15, 0.2) is 24.3 Å². The van der Waals surface area contributed by atoms with Crippen LogP contribution in [0.4, 0.5) is 0 Å². The normalized spacial score (nSPS) is 11.2. The Morgan fingerprint density at radius 1 is 1.37 bits per heavy atom. The van der Waals surface area contributed by atoms with Crippen molar-refractivity contribution in [2.75, 3.05) is 13.7 Å². The average Bonchev–Trinajstić information content (AvgIpc) is 2.44. The number of methoxy groups -OCH3 is 1. The van der Waals surface area contributed by atoms with E-state index in [0.717, 1.165) is 0 Å². The lowest BCUT2D eigenvalue weighted by molar-refractivity contribution is -0.145. The summed E-state index contributed by atoms with van der Waals surface area (Å²) in [5.41, 5.74) is 0.948. The first-order valence-electron chi connectivity index (χ1n) is 5.86. The van der Waals surface area contributed by atoms with Gasteiger partial charge < -0.3 is 9.47 Å². The molecule has 0 aliphatic carbocycles. The lowest BCUT2D eigenvalue weighted by Crippen LogP contribution is -2.20. The van der Waals surface area contributed by atoms with E-state index in [0.29, 0.717) is 11.1 Å². The lowest BCUT2D eigenvalue weighted by atomic mass is 9.96. The molecule has 0 aliphatic rings. The molecule has 5 heteroatoms. The minimum Gasteiger partial charge on any atom is -0.465 e. The molecule has 0 spiro atoms. The van der Waals surface area contributed by atoms with E-state index in [-0.39, 0.29) is 13.0 Å². The Morgan fingerprint density at radius 3 is 2.63 bits per heavy atom. The first-order chi connectivity index (χ1) is 9.13. The smallest absolute Gasteiger partial charge is 0.338 e. The van der Waals surface area contributed by atoms with Gasteiger partial charge in [-0.3, -0.25) is 4.79 Å². The molecule has 0 saturated heterocycles. The van der Waals surface area contributed by atoms with Gasteiger partial charge in [-0.1, -0.05) is 18.2 Å². The summed E-state index contributed by atoms with van der Waals surface area (Å²) in [5.74, 6) is -1.99. The molecule has 0 saturated carbocycles. The van der Waals surface area contributed by atoms with E-state index >= 15 is 0 Å². The summed E-state index contributed by atoms with van der Waals surface area (Å²) in [6.45, 7) is 1.89. The van der Waals surface area contributed by atoms with Crippen LogP contribution in [0.1, 0.15) is 22.8 Å². The summed E-state index contributed by atoms with van der Waals surface area (Å²) in [4.78, 5) is 23.1. The van der Waals surface area contributed by atoms with Crippen molar-refractivity contribution in [3.05, 3.63) is 35.4 Å². The van der Waals surface area contributed by atoms with Crippen molar-refractivity contribution >= 4 is 11.9 Å². The van der Waals surface area contributed by atoms with Gasteiger partial charge in [0, 0.05) is 0 Å². The molecule has 1 unspecified atom stereocenters. The molecule has 1 atom stereocenters. The molecular formula is C14H15NO4. The largest absolute Gasteiger partial charge is 0.465 e. The molecule has 100 valence electrons. The summed E-state index contributed by atoms with van der Waals surface area (Å²) < 4.78 is 9.48. The molecule has 1 aromatic carbocycles. The highest BCUT2D eigenvalue weighted by molar-refractivity contribution is 5.91. The second-order valence-corrected chi connectivity index (χ2v) is 3.79. The Bertz CT molecular complexity index is 504. The highest BCUT2D eigenvalue weighted by Crippen LogP contribution is 2.16. The molecule has 0 radical (unpaired) electrons. The van der Waals surface area contributed by atoms with Crippen molar-refractivity contribution in [1.29, 1.82) is 5.26 Å². The number of hydrogen-bond donors (Lipinski definition) is 0. The predicted octanol–water partition coefficient (Wildman–Crippen LogP) is 1.72. The Balaban J connectivity index is 2.95. The zero-order valence-electron chi connectivity index (χ0n) is 10.9. The van der Waals surface area contributed by atoms with Gasteiger partial charge in [0.2, 0.25) is 0 Å². The van der Waals surface area contributed by atoms with Crippen molar-refractivity contribution in [2.45, 2.75) is 13.3 Å². The van der Waals surface area contributed by atoms with Crippen LogP contribution in [-0.4, -0.2) is 25.7 Å². The zero-order chi connectivity index (χ0) is 14.3.